The summed E-state index contributed by atoms with van der Waals surface area (Å²) >= 11 is 2.31. The zero-order valence-corrected chi connectivity index (χ0v) is 20.3. The molecular formula is C25H22FN3O3S2. The van der Waals surface area contributed by atoms with E-state index >= 15 is 0 Å². The van der Waals surface area contributed by atoms with Crippen molar-refractivity contribution < 1.29 is 18.8 Å². The Labute approximate surface area is 204 Å². The number of hydrogen-bond donors (Lipinski definition) is 1. The van der Waals surface area contributed by atoms with E-state index in [2.05, 4.69) is 10.3 Å². The van der Waals surface area contributed by atoms with Crippen LogP contribution >= 0.6 is 23.1 Å². The van der Waals surface area contributed by atoms with Gasteiger partial charge in [0.1, 0.15) is 5.82 Å². The number of hydrogen-bond acceptors (Lipinski definition) is 6. The number of halogens is 1. The van der Waals surface area contributed by atoms with Gasteiger partial charge in [-0.2, -0.15) is 0 Å². The van der Waals surface area contributed by atoms with Gasteiger partial charge in [0.25, 0.3) is 11.1 Å². The van der Waals surface area contributed by atoms with Crippen molar-refractivity contribution in [1.82, 2.24) is 15.2 Å². The molecule has 0 aliphatic carbocycles. The number of thioether (sulfide) groups is 1. The first-order chi connectivity index (χ1) is 16.3. The summed E-state index contributed by atoms with van der Waals surface area (Å²) in [5.41, 5.74) is 3.54. The molecule has 1 saturated heterocycles. The summed E-state index contributed by atoms with van der Waals surface area (Å²) in [6.45, 7) is 4.14. The first kappa shape index (κ1) is 23.8. The normalized spacial score (nSPS) is 14.8. The molecule has 0 radical (unpaired) electrons. The van der Waals surface area contributed by atoms with Crippen molar-refractivity contribution in [3.63, 3.8) is 0 Å². The molecule has 9 heteroatoms. The first-order valence-corrected chi connectivity index (χ1v) is 12.2. The van der Waals surface area contributed by atoms with E-state index in [1.165, 1.54) is 35.6 Å². The van der Waals surface area contributed by atoms with Crippen LogP contribution in [0.2, 0.25) is 0 Å². The van der Waals surface area contributed by atoms with Gasteiger partial charge >= 0.3 is 0 Å². The lowest BCUT2D eigenvalue weighted by molar-refractivity contribution is -0.124. The number of imide groups is 1. The smallest absolute Gasteiger partial charge is 0.293 e. The van der Waals surface area contributed by atoms with Crippen molar-refractivity contribution in [2.75, 3.05) is 13.1 Å². The molecule has 3 amide bonds. The summed E-state index contributed by atoms with van der Waals surface area (Å²) < 4.78 is 13.1. The molecule has 1 aromatic heterocycles. The van der Waals surface area contributed by atoms with Gasteiger partial charge in [-0.15, -0.1) is 11.3 Å². The quantitative estimate of drug-likeness (QED) is 0.469. The van der Waals surface area contributed by atoms with E-state index in [0.717, 1.165) is 43.4 Å². The third-order valence-corrected chi connectivity index (χ3v) is 7.03. The number of carbonyl (C=O) groups is 3. The Bertz CT molecular complexity index is 1270. The van der Waals surface area contributed by atoms with Crippen LogP contribution in [0.15, 0.2) is 53.4 Å². The van der Waals surface area contributed by atoms with Gasteiger partial charge < -0.3 is 5.32 Å². The van der Waals surface area contributed by atoms with Crippen LogP contribution in [0.1, 0.15) is 21.0 Å². The van der Waals surface area contributed by atoms with Gasteiger partial charge in [-0.05, 0) is 49.4 Å². The van der Waals surface area contributed by atoms with Gasteiger partial charge in [-0.1, -0.05) is 42.0 Å². The van der Waals surface area contributed by atoms with Crippen LogP contribution in [-0.2, 0) is 16.0 Å². The fraction of sp³-hybridized carbons (Fsp3) is 0.200. The molecule has 1 aliphatic heterocycles. The molecule has 34 heavy (non-hydrogen) atoms. The van der Waals surface area contributed by atoms with Gasteiger partial charge in [0.15, 0.2) is 0 Å². The standard InChI is InChI=1S/C25H22FN3O3S2/c1-15-3-7-18(8-4-15)23-20(33-16(2)28-23)14-22(30)27-11-12-29-24(31)21(34-25(29)32)13-17-5-9-19(26)10-6-17/h3-10,13H,11-12,14H2,1-2H3,(H,27,30)/b21-13-. The molecule has 0 unspecified atom stereocenters. The minimum atomic E-state index is -0.423. The molecule has 1 aliphatic rings. The highest BCUT2D eigenvalue weighted by atomic mass is 32.2. The second-order valence-electron chi connectivity index (χ2n) is 7.78. The largest absolute Gasteiger partial charge is 0.354 e. The summed E-state index contributed by atoms with van der Waals surface area (Å²) in [4.78, 5) is 44.3. The average molecular weight is 496 g/mol. The Hall–Kier alpha value is -3.30. The van der Waals surface area contributed by atoms with Crippen molar-refractivity contribution in [3.8, 4) is 11.3 Å². The molecule has 0 atom stereocenters. The molecule has 174 valence electrons. The molecule has 0 spiro atoms. The summed E-state index contributed by atoms with van der Waals surface area (Å²) in [6, 6.07) is 13.7. The number of nitrogens with one attached hydrogen (secondary N) is 1. The van der Waals surface area contributed by atoms with E-state index in [0.29, 0.717) is 5.56 Å². The van der Waals surface area contributed by atoms with E-state index in [4.69, 9.17) is 0 Å². The first-order valence-electron chi connectivity index (χ1n) is 10.6. The molecule has 4 rings (SSSR count). The summed E-state index contributed by atoms with van der Waals surface area (Å²) in [5.74, 6) is -1.00. The van der Waals surface area contributed by atoms with Crippen LogP contribution in [-0.4, -0.2) is 40.0 Å². The van der Waals surface area contributed by atoms with Crippen LogP contribution in [0.5, 0.6) is 0 Å². The fourth-order valence-corrected chi connectivity index (χ4v) is 5.27. The number of amides is 3. The second-order valence-corrected chi connectivity index (χ2v) is 10.1. The monoisotopic (exact) mass is 495 g/mol. The molecule has 6 nitrogen and oxygen atoms in total. The Balaban J connectivity index is 1.34. The number of nitrogens with zero attached hydrogens (tertiary/aromatic N) is 2. The minimum Gasteiger partial charge on any atom is -0.354 e. The maximum atomic E-state index is 13.1. The van der Waals surface area contributed by atoms with Crippen LogP contribution in [0.3, 0.4) is 0 Å². The molecule has 1 fully saturated rings. The van der Waals surface area contributed by atoms with E-state index in [9.17, 15) is 18.8 Å². The maximum absolute atomic E-state index is 13.1. The lowest BCUT2D eigenvalue weighted by Crippen LogP contribution is -2.37. The van der Waals surface area contributed by atoms with Crippen molar-refractivity contribution in [2.24, 2.45) is 0 Å². The molecule has 3 aromatic rings. The predicted molar refractivity (Wildman–Crippen MR) is 133 cm³/mol. The predicted octanol–water partition coefficient (Wildman–Crippen LogP) is 4.96. The minimum absolute atomic E-state index is 0.0731. The topological polar surface area (TPSA) is 79.4 Å². The van der Waals surface area contributed by atoms with Crippen LogP contribution < -0.4 is 5.32 Å². The van der Waals surface area contributed by atoms with Gasteiger partial charge in [0.2, 0.25) is 5.91 Å². The number of benzene rings is 2. The highest BCUT2D eigenvalue weighted by molar-refractivity contribution is 8.18. The SMILES string of the molecule is Cc1ccc(-c2nc(C)sc2CC(=O)NCCN2C(=O)S/C(=C\c3ccc(F)cc3)C2=O)cc1. The Morgan fingerprint density at radius 2 is 1.79 bits per heavy atom. The number of rotatable bonds is 7. The number of carbonyl (C=O) groups excluding carboxylic acids is 3. The van der Waals surface area contributed by atoms with Gasteiger partial charge in [0, 0.05) is 23.5 Å². The fourth-order valence-electron chi connectivity index (χ4n) is 3.44. The highest BCUT2D eigenvalue weighted by Crippen LogP contribution is 2.32. The lowest BCUT2D eigenvalue weighted by atomic mass is 10.1. The average Bonchev–Trinajstić information content (AvgIpc) is 3.29. The third-order valence-electron chi connectivity index (χ3n) is 5.15. The van der Waals surface area contributed by atoms with Crippen molar-refractivity contribution in [3.05, 3.63) is 80.3 Å². The molecule has 1 N–H and O–H groups in total. The number of aryl methyl sites for hydroxylation is 2. The van der Waals surface area contributed by atoms with E-state index in [1.807, 2.05) is 38.1 Å². The second kappa shape index (κ2) is 10.3. The number of aromatic nitrogens is 1. The molecule has 0 bridgehead atoms. The zero-order valence-electron chi connectivity index (χ0n) is 18.6. The van der Waals surface area contributed by atoms with Crippen LogP contribution in [0, 0.1) is 19.7 Å². The van der Waals surface area contributed by atoms with E-state index < -0.39 is 11.1 Å². The van der Waals surface area contributed by atoms with Gasteiger partial charge in [0.05, 0.1) is 22.0 Å². The Morgan fingerprint density at radius 1 is 1.09 bits per heavy atom. The van der Waals surface area contributed by atoms with E-state index in [-0.39, 0.29) is 36.1 Å². The van der Waals surface area contributed by atoms with Crippen LogP contribution in [0.4, 0.5) is 9.18 Å². The Morgan fingerprint density at radius 3 is 2.50 bits per heavy atom. The molecule has 2 aromatic carbocycles. The highest BCUT2D eigenvalue weighted by Gasteiger charge is 2.34. The van der Waals surface area contributed by atoms with Crippen LogP contribution in [0.25, 0.3) is 17.3 Å². The summed E-state index contributed by atoms with van der Waals surface area (Å²) in [5, 5.41) is 3.27. The zero-order chi connectivity index (χ0) is 24.2. The maximum Gasteiger partial charge on any atom is 0.293 e. The van der Waals surface area contributed by atoms with Gasteiger partial charge in [-0.3, -0.25) is 19.3 Å². The van der Waals surface area contributed by atoms with Gasteiger partial charge in [-0.25, -0.2) is 9.37 Å². The van der Waals surface area contributed by atoms with Crippen molar-refractivity contribution in [2.45, 2.75) is 20.3 Å². The Kier molecular flexibility index (Phi) is 7.23. The summed E-state index contributed by atoms with van der Waals surface area (Å²) in [7, 11) is 0. The molecular weight excluding hydrogens is 473 g/mol. The summed E-state index contributed by atoms with van der Waals surface area (Å²) in [6.07, 6.45) is 1.72. The number of thiazole rings is 1. The molecule has 2 heterocycles. The lowest BCUT2D eigenvalue weighted by Gasteiger charge is -2.13. The third kappa shape index (κ3) is 5.60. The van der Waals surface area contributed by atoms with Crippen molar-refractivity contribution in [1.29, 1.82) is 0 Å². The van der Waals surface area contributed by atoms with E-state index in [1.54, 1.807) is 6.08 Å². The molecule has 0 saturated carbocycles. The van der Waals surface area contributed by atoms with Crippen molar-refractivity contribution >= 4 is 46.2 Å².